The second kappa shape index (κ2) is 7.73. The summed E-state index contributed by atoms with van der Waals surface area (Å²) in [4.78, 5) is 12.2. The van der Waals surface area contributed by atoms with E-state index in [1.165, 1.54) is 0 Å². The highest BCUT2D eigenvalue weighted by atomic mass is 16.5. The van der Waals surface area contributed by atoms with Gasteiger partial charge in [0.25, 0.3) is 0 Å². The van der Waals surface area contributed by atoms with E-state index in [0.29, 0.717) is 11.5 Å². The maximum Gasteiger partial charge on any atom is 0.243 e. The molecule has 0 heterocycles. The highest BCUT2D eigenvalue weighted by Crippen LogP contribution is 2.32. The lowest BCUT2D eigenvalue weighted by Crippen LogP contribution is -2.23. The molecule has 0 saturated heterocycles. The molecule has 2 aromatic carbocycles. The van der Waals surface area contributed by atoms with Crippen molar-refractivity contribution in [2.75, 3.05) is 31.4 Å². The second-order valence-electron chi connectivity index (χ2n) is 5.69. The molecule has 5 heteroatoms. The lowest BCUT2D eigenvalue weighted by atomic mass is 10.1. The third kappa shape index (κ3) is 3.98. The molecule has 1 amide bonds. The van der Waals surface area contributed by atoms with E-state index in [1.807, 2.05) is 51.1 Å². The number of rotatable bonds is 6. The number of carbonyl (C=O) groups excluding carboxylic acids is 1. The Balaban J connectivity index is 2.07. The highest BCUT2D eigenvalue weighted by molar-refractivity contribution is 5.95. The van der Waals surface area contributed by atoms with Gasteiger partial charge in [-0.2, -0.15) is 0 Å². The average Bonchev–Trinajstić information content (AvgIpc) is 2.56. The van der Waals surface area contributed by atoms with Crippen LogP contribution < -0.4 is 20.1 Å². The number of methoxy groups -OCH3 is 2. The number of carbonyl (C=O) groups is 1. The Morgan fingerprint density at radius 2 is 1.54 bits per heavy atom. The zero-order valence-electron chi connectivity index (χ0n) is 14.8. The number of hydrogen-bond donors (Lipinski definition) is 2. The Bertz CT molecular complexity index is 721. The van der Waals surface area contributed by atoms with Gasteiger partial charge in [0, 0.05) is 17.4 Å². The standard InChI is InChI=1S/C19H24N2O3/c1-12-7-6-8-13(2)19(12)21-18(22)11-20-15-10-17(24-5)16(23-4)9-14(15)3/h6-10,20H,11H2,1-5H3,(H,21,22). The first-order chi connectivity index (χ1) is 11.5. The van der Waals surface area contributed by atoms with Gasteiger partial charge >= 0.3 is 0 Å². The van der Waals surface area contributed by atoms with Crippen LogP contribution in [0.3, 0.4) is 0 Å². The smallest absolute Gasteiger partial charge is 0.243 e. The van der Waals surface area contributed by atoms with E-state index < -0.39 is 0 Å². The van der Waals surface area contributed by atoms with Crippen LogP contribution in [0.1, 0.15) is 16.7 Å². The summed E-state index contributed by atoms with van der Waals surface area (Å²) in [6, 6.07) is 9.65. The van der Waals surface area contributed by atoms with Crippen LogP contribution in [-0.2, 0) is 4.79 Å². The van der Waals surface area contributed by atoms with E-state index in [1.54, 1.807) is 14.2 Å². The third-order valence-electron chi connectivity index (χ3n) is 3.92. The van der Waals surface area contributed by atoms with Crippen LogP contribution in [0.25, 0.3) is 0 Å². The predicted octanol–water partition coefficient (Wildman–Crippen LogP) is 3.68. The third-order valence-corrected chi connectivity index (χ3v) is 3.92. The molecule has 0 aromatic heterocycles. The quantitative estimate of drug-likeness (QED) is 0.849. The van der Waals surface area contributed by atoms with Gasteiger partial charge < -0.3 is 20.1 Å². The summed E-state index contributed by atoms with van der Waals surface area (Å²) in [6.45, 7) is 6.08. The lowest BCUT2D eigenvalue weighted by molar-refractivity contribution is -0.114. The van der Waals surface area contributed by atoms with Crippen molar-refractivity contribution in [1.82, 2.24) is 0 Å². The van der Waals surface area contributed by atoms with Crippen molar-refractivity contribution in [1.29, 1.82) is 0 Å². The van der Waals surface area contributed by atoms with E-state index in [-0.39, 0.29) is 12.5 Å². The Morgan fingerprint density at radius 1 is 0.958 bits per heavy atom. The highest BCUT2D eigenvalue weighted by Gasteiger charge is 2.11. The molecule has 0 fully saturated rings. The molecule has 0 saturated carbocycles. The Labute approximate surface area is 143 Å². The molecule has 2 N–H and O–H groups in total. The average molecular weight is 328 g/mol. The van der Waals surface area contributed by atoms with Crippen molar-refractivity contribution in [3.63, 3.8) is 0 Å². The summed E-state index contributed by atoms with van der Waals surface area (Å²) in [6.07, 6.45) is 0. The number of benzene rings is 2. The maximum atomic E-state index is 12.2. The topological polar surface area (TPSA) is 59.6 Å². The Kier molecular flexibility index (Phi) is 5.68. The molecule has 0 atom stereocenters. The van der Waals surface area contributed by atoms with Gasteiger partial charge in [0.2, 0.25) is 5.91 Å². The summed E-state index contributed by atoms with van der Waals surface area (Å²) in [5.41, 5.74) is 4.78. The summed E-state index contributed by atoms with van der Waals surface area (Å²) >= 11 is 0. The SMILES string of the molecule is COc1cc(C)c(NCC(=O)Nc2c(C)cccc2C)cc1OC. The minimum atomic E-state index is -0.0958. The second-order valence-corrected chi connectivity index (χ2v) is 5.69. The van der Waals surface area contributed by atoms with Crippen molar-refractivity contribution in [3.8, 4) is 11.5 Å². The van der Waals surface area contributed by atoms with Gasteiger partial charge in [-0.25, -0.2) is 0 Å². The van der Waals surface area contributed by atoms with Crippen molar-refractivity contribution >= 4 is 17.3 Å². The molecule has 0 radical (unpaired) electrons. The minimum Gasteiger partial charge on any atom is -0.493 e. The van der Waals surface area contributed by atoms with Gasteiger partial charge in [0.05, 0.1) is 20.8 Å². The Morgan fingerprint density at radius 3 is 2.12 bits per heavy atom. The van der Waals surface area contributed by atoms with Crippen molar-refractivity contribution in [2.45, 2.75) is 20.8 Å². The Hall–Kier alpha value is -2.69. The van der Waals surface area contributed by atoms with Crippen LogP contribution in [0.2, 0.25) is 0 Å². The molecule has 128 valence electrons. The van der Waals surface area contributed by atoms with Crippen LogP contribution >= 0.6 is 0 Å². The number of hydrogen-bond acceptors (Lipinski definition) is 4. The molecule has 0 unspecified atom stereocenters. The van der Waals surface area contributed by atoms with Crippen molar-refractivity contribution in [2.24, 2.45) is 0 Å². The molecular formula is C19H24N2O3. The molecule has 0 bridgehead atoms. The van der Waals surface area contributed by atoms with Gasteiger partial charge in [0.1, 0.15) is 0 Å². The summed E-state index contributed by atoms with van der Waals surface area (Å²) in [7, 11) is 3.19. The van der Waals surface area contributed by atoms with Crippen LogP contribution in [0, 0.1) is 20.8 Å². The first kappa shape index (κ1) is 17.7. The number of nitrogens with one attached hydrogen (secondary N) is 2. The normalized spacial score (nSPS) is 10.2. The molecule has 2 rings (SSSR count). The lowest BCUT2D eigenvalue weighted by Gasteiger charge is -2.15. The zero-order valence-corrected chi connectivity index (χ0v) is 14.8. The molecular weight excluding hydrogens is 304 g/mol. The molecule has 5 nitrogen and oxygen atoms in total. The molecule has 0 aliphatic rings. The van der Waals surface area contributed by atoms with Gasteiger partial charge in [-0.05, 0) is 43.5 Å². The predicted molar refractivity (Wildman–Crippen MR) is 97.3 cm³/mol. The summed E-state index contributed by atoms with van der Waals surface area (Å²) in [5.74, 6) is 1.20. The van der Waals surface area contributed by atoms with Crippen molar-refractivity contribution in [3.05, 3.63) is 47.0 Å². The fourth-order valence-electron chi connectivity index (χ4n) is 2.54. The zero-order chi connectivity index (χ0) is 17.7. The van der Waals surface area contributed by atoms with E-state index in [0.717, 1.165) is 28.1 Å². The number of anilines is 2. The van der Waals surface area contributed by atoms with E-state index in [9.17, 15) is 4.79 Å². The van der Waals surface area contributed by atoms with Crippen LogP contribution in [0.4, 0.5) is 11.4 Å². The largest absolute Gasteiger partial charge is 0.493 e. The summed E-state index contributed by atoms with van der Waals surface area (Å²) in [5, 5.41) is 6.11. The number of ether oxygens (including phenoxy) is 2. The number of para-hydroxylation sites is 1. The van der Waals surface area contributed by atoms with Gasteiger partial charge in [0.15, 0.2) is 11.5 Å². The first-order valence-corrected chi connectivity index (χ1v) is 7.78. The summed E-state index contributed by atoms with van der Waals surface area (Å²) < 4.78 is 10.6. The van der Waals surface area contributed by atoms with Crippen LogP contribution in [0.15, 0.2) is 30.3 Å². The monoisotopic (exact) mass is 328 g/mol. The fourth-order valence-corrected chi connectivity index (χ4v) is 2.54. The first-order valence-electron chi connectivity index (χ1n) is 7.78. The fraction of sp³-hybridized carbons (Fsp3) is 0.316. The van der Waals surface area contributed by atoms with E-state index in [2.05, 4.69) is 10.6 Å². The van der Waals surface area contributed by atoms with Gasteiger partial charge in [-0.1, -0.05) is 18.2 Å². The van der Waals surface area contributed by atoms with Crippen LogP contribution in [-0.4, -0.2) is 26.7 Å². The van der Waals surface area contributed by atoms with Gasteiger partial charge in [-0.15, -0.1) is 0 Å². The van der Waals surface area contributed by atoms with E-state index in [4.69, 9.17) is 9.47 Å². The molecule has 2 aromatic rings. The van der Waals surface area contributed by atoms with Crippen LogP contribution in [0.5, 0.6) is 11.5 Å². The van der Waals surface area contributed by atoms with E-state index >= 15 is 0 Å². The molecule has 0 aliphatic carbocycles. The molecule has 24 heavy (non-hydrogen) atoms. The number of amides is 1. The molecule has 0 aliphatic heterocycles. The van der Waals surface area contributed by atoms with Crippen molar-refractivity contribution < 1.29 is 14.3 Å². The minimum absolute atomic E-state index is 0.0958. The maximum absolute atomic E-state index is 12.2. The molecule has 0 spiro atoms. The number of aryl methyl sites for hydroxylation is 3. The van der Waals surface area contributed by atoms with Gasteiger partial charge in [-0.3, -0.25) is 4.79 Å².